The summed E-state index contributed by atoms with van der Waals surface area (Å²) < 4.78 is 4.42. The Morgan fingerprint density at radius 1 is 1.50 bits per heavy atom. The summed E-state index contributed by atoms with van der Waals surface area (Å²) in [4.78, 5) is 33.2. The van der Waals surface area contributed by atoms with Crippen LogP contribution in [0.2, 0.25) is 0 Å². The van der Waals surface area contributed by atoms with Gasteiger partial charge < -0.3 is 15.2 Å². The molecule has 1 rings (SSSR count). The normalized spacial score (nSPS) is 11.6. The molecular weight excluding hydrogens is 268 g/mol. The Labute approximate surface area is 114 Å². The first-order chi connectivity index (χ1) is 9.40. The zero-order chi connectivity index (χ0) is 15.3. The summed E-state index contributed by atoms with van der Waals surface area (Å²) >= 11 is 0. The van der Waals surface area contributed by atoms with Crippen molar-refractivity contribution in [2.75, 3.05) is 13.7 Å². The number of amides is 1. The largest absolute Gasteiger partial charge is 0.467 e. The highest BCUT2D eigenvalue weighted by atomic mass is 16.6. The Hall–Kier alpha value is -2.48. The molecule has 108 valence electrons. The first kappa shape index (κ1) is 15.6. The fourth-order valence-electron chi connectivity index (χ4n) is 1.57. The monoisotopic (exact) mass is 282 g/mol. The number of non-ortho nitro benzene ring substituents is 1. The predicted molar refractivity (Wildman–Crippen MR) is 68.2 cm³/mol. The number of carbonyl (C=O) groups is 2. The average molecular weight is 282 g/mol. The third kappa shape index (κ3) is 3.51. The minimum absolute atomic E-state index is 0.134. The SMILES string of the molecule is COC(=O)C(CO)NC(=O)c1ccc([N+](=O)[O-])cc1C. The van der Waals surface area contributed by atoms with Crippen molar-refractivity contribution in [2.24, 2.45) is 0 Å². The number of aryl methyl sites for hydroxylation is 1. The minimum atomic E-state index is -1.18. The van der Waals surface area contributed by atoms with Crippen LogP contribution in [0.1, 0.15) is 15.9 Å². The van der Waals surface area contributed by atoms with Gasteiger partial charge in [-0.2, -0.15) is 0 Å². The molecule has 2 N–H and O–H groups in total. The topological polar surface area (TPSA) is 119 Å². The first-order valence-corrected chi connectivity index (χ1v) is 5.65. The second-order valence-corrected chi connectivity index (χ2v) is 3.99. The number of nitrogens with zero attached hydrogens (tertiary/aromatic N) is 1. The molecule has 0 aliphatic rings. The number of nitro benzene ring substituents is 1. The van der Waals surface area contributed by atoms with Crippen molar-refractivity contribution in [3.05, 3.63) is 39.4 Å². The van der Waals surface area contributed by atoms with Gasteiger partial charge in [-0.15, -0.1) is 0 Å². The Bertz CT molecular complexity index is 543. The molecule has 8 nitrogen and oxygen atoms in total. The lowest BCUT2D eigenvalue weighted by atomic mass is 10.1. The lowest BCUT2D eigenvalue weighted by molar-refractivity contribution is -0.384. The van der Waals surface area contributed by atoms with Gasteiger partial charge in [0.25, 0.3) is 11.6 Å². The maximum absolute atomic E-state index is 11.9. The molecule has 1 aromatic carbocycles. The predicted octanol–water partition coefficient (Wildman–Crippen LogP) is 0.167. The second-order valence-electron chi connectivity index (χ2n) is 3.99. The van der Waals surface area contributed by atoms with Gasteiger partial charge in [-0.05, 0) is 18.6 Å². The zero-order valence-corrected chi connectivity index (χ0v) is 11.0. The number of nitro groups is 1. The summed E-state index contributed by atoms with van der Waals surface area (Å²) in [7, 11) is 1.13. The smallest absolute Gasteiger partial charge is 0.330 e. The molecule has 8 heteroatoms. The van der Waals surface area contributed by atoms with Gasteiger partial charge >= 0.3 is 5.97 Å². The summed E-state index contributed by atoms with van der Waals surface area (Å²) in [5.74, 6) is -1.40. The van der Waals surface area contributed by atoms with Crippen LogP contribution >= 0.6 is 0 Å². The summed E-state index contributed by atoms with van der Waals surface area (Å²) in [5.41, 5.74) is 0.432. The van der Waals surface area contributed by atoms with Crippen molar-refractivity contribution in [1.29, 1.82) is 0 Å². The highest BCUT2D eigenvalue weighted by molar-refractivity contribution is 5.98. The molecule has 20 heavy (non-hydrogen) atoms. The lowest BCUT2D eigenvalue weighted by Crippen LogP contribution is -2.44. The van der Waals surface area contributed by atoms with Crippen molar-refractivity contribution in [2.45, 2.75) is 13.0 Å². The van der Waals surface area contributed by atoms with Gasteiger partial charge in [0, 0.05) is 17.7 Å². The molecule has 0 heterocycles. The van der Waals surface area contributed by atoms with Gasteiger partial charge in [0.15, 0.2) is 6.04 Å². The zero-order valence-electron chi connectivity index (χ0n) is 11.0. The third-order valence-corrected chi connectivity index (χ3v) is 2.64. The summed E-state index contributed by atoms with van der Waals surface area (Å²) in [6, 6.07) is 2.55. The fourth-order valence-corrected chi connectivity index (χ4v) is 1.57. The number of ether oxygens (including phenoxy) is 1. The van der Waals surface area contributed by atoms with Crippen molar-refractivity contribution in [3.63, 3.8) is 0 Å². The third-order valence-electron chi connectivity index (χ3n) is 2.64. The molecule has 0 radical (unpaired) electrons. The number of esters is 1. The summed E-state index contributed by atoms with van der Waals surface area (Å²) in [6.07, 6.45) is 0. The molecule has 0 aliphatic heterocycles. The van der Waals surface area contributed by atoms with E-state index in [4.69, 9.17) is 5.11 Å². The van der Waals surface area contributed by atoms with Crippen LogP contribution in [0.3, 0.4) is 0 Å². The molecule has 0 aromatic heterocycles. The minimum Gasteiger partial charge on any atom is -0.467 e. The van der Waals surface area contributed by atoms with Crippen LogP contribution in [-0.2, 0) is 9.53 Å². The van der Waals surface area contributed by atoms with Crippen LogP contribution in [0.4, 0.5) is 5.69 Å². The maximum Gasteiger partial charge on any atom is 0.330 e. The molecule has 0 spiro atoms. The highest BCUT2D eigenvalue weighted by Gasteiger charge is 2.22. The molecule has 1 aromatic rings. The number of rotatable bonds is 5. The van der Waals surface area contributed by atoms with E-state index in [1.54, 1.807) is 0 Å². The van der Waals surface area contributed by atoms with Crippen LogP contribution in [-0.4, -0.2) is 41.7 Å². The van der Waals surface area contributed by atoms with Gasteiger partial charge in [-0.1, -0.05) is 0 Å². The number of hydrogen-bond acceptors (Lipinski definition) is 6. The molecule has 1 amide bonds. The van der Waals surface area contributed by atoms with E-state index in [2.05, 4.69) is 10.1 Å². The average Bonchev–Trinajstić information content (AvgIpc) is 2.43. The van der Waals surface area contributed by atoms with E-state index in [1.807, 2.05) is 0 Å². The van der Waals surface area contributed by atoms with Crippen molar-refractivity contribution < 1.29 is 24.4 Å². The van der Waals surface area contributed by atoms with Gasteiger partial charge in [-0.25, -0.2) is 4.79 Å². The quantitative estimate of drug-likeness (QED) is 0.451. The van der Waals surface area contributed by atoms with Crippen LogP contribution < -0.4 is 5.32 Å². The Morgan fingerprint density at radius 2 is 2.15 bits per heavy atom. The number of methoxy groups -OCH3 is 1. The summed E-state index contributed by atoms with van der Waals surface area (Å²) in [5, 5.41) is 21.9. The number of nitrogens with one attached hydrogen (secondary N) is 1. The van der Waals surface area contributed by atoms with Crippen molar-refractivity contribution in [3.8, 4) is 0 Å². The van der Waals surface area contributed by atoms with E-state index in [1.165, 1.54) is 25.1 Å². The van der Waals surface area contributed by atoms with Crippen molar-refractivity contribution >= 4 is 17.6 Å². The van der Waals surface area contributed by atoms with E-state index in [-0.39, 0.29) is 11.3 Å². The number of benzene rings is 1. The van der Waals surface area contributed by atoms with E-state index >= 15 is 0 Å². The maximum atomic E-state index is 11.9. The van der Waals surface area contributed by atoms with Crippen molar-refractivity contribution in [1.82, 2.24) is 5.32 Å². The molecule has 0 fully saturated rings. The van der Waals surface area contributed by atoms with E-state index < -0.39 is 29.4 Å². The molecule has 0 saturated carbocycles. The van der Waals surface area contributed by atoms with Crippen LogP contribution in [0.25, 0.3) is 0 Å². The van der Waals surface area contributed by atoms with E-state index in [0.29, 0.717) is 5.56 Å². The first-order valence-electron chi connectivity index (χ1n) is 5.65. The van der Waals surface area contributed by atoms with Gasteiger partial charge in [-0.3, -0.25) is 14.9 Å². The number of carbonyl (C=O) groups excluding carboxylic acids is 2. The number of aliphatic hydroxyl groups excluding tert-OH is 1. The molecule has 0 aliphatic carbocycles. The van der Waals surface area contributed by atoms with Crippen LogP contribution in [0.5, 0.6) is 0 Å². The molecule has 0 bridgehead atoms. The van der Waals surface area contributed by atoms with Crippen LogP contribution in [0.15, 0.2) is 18.2 Å². The van der Waals surface area contributed by atoms with E-state index in [0.717, 1.165) is 7.11 Å². The molecule has 0 saturated heterocycles. The fraction of sp³-hybridized carbons (Fsp3) is 0.333. The highest BCUT2D eigenvalue weighted by Crippen LogP contribution is 2.17. The Balaban J connectivity index is 2.92. The van der Waals surface area contributed by atoms with Gasteiger partial charge in [0.2, 0.25) is 0 Å². The summed E-state index contributed by atoms with van der Waals surface area (Å²) in [6.45, 7) is 0.929. The van der Waals surface area contributed by atoms with E-state index in [9.17, 15) is 19.7 Å². The Morgan fingerprint density at radius 3 is 2.60 bits per heavy atom. The number of hydrogen-bond donors (Lipinski definition) is 2. The van der Waals surface area contributed by atoms with Crippen LogP contribution in [0, 0.1) is 17.0 Å². The second kappa shape index (κ2) is 6.62. The van der Waals surface area contributed by atoms with Gasteiger partial charge in [0.05, 0.1) is 18.6 Å². The molecule has 1 unspecified atom stereocenters. The Kier molecular flexibility index (Phi) is 5.15. The van der Waals surface area contributed by atoms with Gasteiger partial charge in [0.1, 0.15) is 0 Å². The number of aliphatic hydroxyl groups is 1. The molecular formula is C12H14N2O6. The lowest BCUT2D eigenvalue weighted by Gasteiger charge is -2.14. The molecule has 1 atom stereocenters. The standard InChI is InChI=1S/C12H14N2O6/c1-7-5-8(14(18)19)3-4-9(7)11(16)13-10(6-15)12(17)20-2/h3-5,10,15H,6H2,1-2H3,(H,13,16).